The number of rotatable bonds is 6. The zero-order chi connectivity index (χ0) is 57.6. The van der Waals surface area contributed by atoms with Crippen molar-refractivity contribution in [1.29, 1.82) is 0 Å². The van der Waals surface area contributed by atoms with Gasteiger partial charge in [0, 0.05) is 83.8 Å². The average molecular weight is 1340 g/mol. The van der Waals surface area contributed by atoms with Crippen LogP contribution < -0.4 is 0 Å². The fourth-order valence-corrected chi connectivity index (χ4v) is 14.8. The van der Waals surface area contributed by atoms with Crippen molar-refractivity contribution in [2.24, 2.45) is 0 Å². The summed E-state index contributed by atoms with van der Waals surface area (Å²) in [6.45, 7) is 0. The minimum atomic E-state index is 0. The van der Waals surface area contributed by atoms with Gasteiger partial charge in [-0.1, -0.05) is 237 Å². The van der Waals surface area contributed by atoms with Gasteiger partial charge in [0.25, 0.3) is 0 Å². The van der Waals surface area contributed by atoms with Crippen LogP contribution in [0.5, 0.6) is 0 Å². The van der Waals surface area contributed by atoms with Crippen molar-refractivity contribution in [3.63, 3.8) is 0 Å². The zero-order valence-electron chi connectivity index (χ0n) is 47.3. The molecule has 0 aliphatic rings. The molecule has 0 aliphatic heterocycles. The molecule has 8 heteroatoms. The molecule has 0 saturated heterocycles. The summed E-state index contributed by atoms with van der Waals surface area (Å²) in [5, 5.41) is 15.5. The van der Waals surface area contributed by atoms with Gasteiger partial charge in [-0.2, -0.15) is 9.97 Å². The molecule has 0 bridgehead atoms. The third-order valence-electron chi connectivity index (χ3n) is 16.4. The molecular formula is C80H50IrN5S2-. The van der Waals surface area contributed by atoms with E-state index in [1.54, 1.807) is 6.20 Å². The topological polar surface area (TPSA) is 56.5 Å². The molecule has 1 radical (unpaired) electrons. The minimum absolute atomic E-state index is 0. The van der Waals surface area contributed by atoms with Gasteiger partial charge in [-0.3, -0.25) is 4.57 Å². The second kappa shape index (κ2) is 23.5. The Hall–Kier alpha value is -10.3. The molecule has 5 nitrogen and oxygen atoms in total. The SMILES string of the molecule is [Ir].[c-]1ccccc1-c1ccccn1.c1cc(-c2ccc3c4ccccc4c4ccccc4c3c2)cc(-c2cccc3c2sc2ccccc23)c1.c1ccc(-c2nc(-c3ccccc3)nc(-n3c4ccccc4c4ccc5c6ccccc6sc5c43)n2)cc1. The molecule has 0 atom stereocenters. The first kappa shape index (κ1) is 54.3. The van der Waals surface area contributed by atoms with Crippen molar-refractivity contribution in [2.45, 2.75) is 0 Å². The van der Waals surface area contributed by atoms with Gasteiger partial charge < -0.3 is 4.98 Å². The first-order chi connectivity index (χ1) is 43.2. The summed E-state index contributed by atoms with van der Waals surface area (Å²) in [4.78, 5) is 19.3. The molecule has 0 spiro atoms. The molecule has 13 aromatic carbocycles. The Morgan fingerprint density at radius 3 is 1.45 bits per heavy atom. The van der Waals surface area contributed by atoms with E-state index in [4.69, 9.17) is 15.0 Å². The predicted molar refractivity (Wildman–Crippen MR) is 369 cm³/mol. The Morgan fingerprint density at radius 1 is 0.318 bits per heavy atom. The van der Waals surface area contributed by atoms with E-state index in [0.717, 1.165) is 33.4 Å². The van der Waals surface area contributed by atoms with Crippen LogP contribution in [0, 0.1) is 6.07 Å². The Balaban J connectivity index is 0.000000123. The van der Waals surface area contributed by atoms with Crippen LogP contribution in [-0.2, 0) is 20.1 Å². The van der Waals surface area contributed by atoms with E-state index in [0.29, 0.717) is 17.6 Å². The monoisotopic (exact) mass is 1340 g/mol. The van der Waals surface area contributed by atoms with Gasteiger partial charge >= 0.3 is 0 Å². The number of fused-ring (bicyclic) bond motifs is 16. The maximum atomic E-state index is 5.08. The van der Waals surface area contributed by atoms with Crippen molar-refractivity contribution >= 4 is 117 Å². The van der Waals surface area contributed by atoms with Gasteiger partial charge in [-0.05, 0) is 96.7 Å². The molecule has 5 aromatic heterocycles. The molecule has 0 amide bonds. The molecule has 417 valence electrons. The largest absolute Gasteiger partial charge is 0.305 e. The van der Waals surface area contributed by atoms with E-state index in [1.165, 1.54) is 106 Å². The van der Waals surface area contributed by atoms with E-state index in [2.05, 4.69) is 210 Å². The maximum absolute atomic E-state index is 5.08. The summed E-state index contributed by atoms with van der Waals surface area (Å²) < 4.78 is 7.44. The molecule has 18 aromatic rings. The number of benzene rings is 13. The summed E-state index contributed by atoms with van der Waals surface area (Å²) >= 11 is 3.71. The van der Waals surface area contributed by atoms with Gasteiger partial charge in [0.05, 0.1) is 15.7 Å². The van der Waals surface area contributed by atoms with Crippen LogP contribution in [0.25, 0.3) is 157 Å². The first-order valence-electron chi connectivity index (χ1n) is 29.1. The van der Waals surface area contributed by atoms with Gasteiger partial charge in [-0.15, -0.1) is 58.6 Å². The molecule has 18 rings (SSSR count). The molecule has 0 saturated carbocycles. The van der Waals surface area contributed by atoms with Crippen molar-refractivity contribution < 1.29 is 20.1 Å². The standard InChI is InChI=1S/C36H22S.C33H20N4S.C11H8N.Ir/c1-2-13-29-27(11-1)28-12-3-4-14-30(28)34-22-24(19-20-31(29)34)23-9-7-10-25(21-23)26-16-8-17-33-32-15-5-6-18-35(32)37-36(26)33;1-3-11-21(12-4-1)31-34-32(22-13-5-2-6-14-22)36-33(35-31)37-27-17-9-7-15-23(27)25-19-20-26-24-16-8-10-18-28(24)38-30(26)29(25)37;1-2-6-10(7-3-1)11-8-4-5-9-12-11;/h1-22H;1-20H;1-6,8-9H;/q;;-1;. The number of aromatic nitrogens is 5. The summed E-state index contributed by atoms with van der Waals surface area (Å²) in [6.07, 6.45) is 1.79. The van der Waals surface area contributed by atoms with Crippen LogP contribution in [0.15, 0.2) is 303 Å². The Morgan fingerprint density at radius 2 is 0.807 bits per heavy atom. The third kappa shape index (κ3) is 9.88. The minimum Gasteiger partial charge on any atom is -0.305 e. The number of pyridine rings is 1. The summed E-state index contributed by atoms with van der Waals surface area (Å²) in [7, 11) is 0. The number of nitrogens with zero attached hydrogens (tertiary/aromatic N) is 5. The summed E-state index contributed by atoms with van der Waals surface area (Å²) in [5.41, 5.74) is 11.2. The fourth-order valence-electron chi connectivity index (χ4n) is 12.3. The zero-order valence-corrected chi connectivity index (χ0v) is 51.3. The van der Waals surface area contributed by atoms with Gasteiger partial charge in [0.1, 0.15) is 0 Å². The number of para-hydroxylation sites is 1. The van der Waals surface area contributed by atoms with Crippen molar-refractivity contribution in [3.05, 3.63) is 310 Å². The molecular weight excluding hydrogens is 1290 g/mol. The quantitative estimate of drug-likeness (QED) is 0.123. The normalized spacial score (nSPS) is 11.3. The smallest absolute Gasteiger partial charge is 0.238 e. The number of hydrogen-bond acceptors (Lipinski definition) is 6. The van der Waals surface area contributed by atoms with E-state index in [1.807, 2.05) is 126 Å². The summed E-state index contributed by atoms with van der Waals surface area (Å²) in [5.74, 6) is 1.93. The summed E-state index contributed by atoms with van der Waals surface area (Å²) in [6, 6.07) is 108. The Kier molecular flexibility index (Phi) is 14.5. The molecule has 88 heavy (non-hydrogen) atoms. The predicted octanol–water partition coefficient (Wildman–Crippen LogP) is 22.1. The van der Waals surface area contributed by atoms with Crippen molar-refractivity contribution in [2.75, 3.05) is 0 Å². The van der Waals surface area contributed by atoms with Crippen LogP contribution in [0.4, 0.5) is 0 Å². The average Bonchev–Trinajstić information content (AvgIpc) is 1.81. The second-order valence-electron chi connectivity index (χ2n) is 21.5. The van der Waals surface area contributed by atoms with Crippen LogP contribution in [-0.4, -0.2) is 24.5 Å². The van der Waals surface area contributed by atoms with Crippen LogP contribution in [0.3, 0.4) is 0 Å². The fraction of sp³-hybridized carbons (Fsp3) is 0. The third-order valence-corrected chi connectivity index (χ3v) is 18.8. The molecule has 0 unspecified atom stereocenters. The van der Waals surface area contributed by atoms with E-state index in [-0.39, 0.29) is 20.1 Å². The number of thiophene rings is 2. The Bertz CT molecular complexity index is 5460. The van der Waals surface area contributed by atoms with Gasteiger partial charge in [0.2, 0.25) is 5.95 Å². The van der Waals surface area contributed by atoms with Crippen molar-refractivity contribution in [3.8, 4) is 62.2 Å². The van der Waals surface area contributed by atoms with E-state index < -0.39 is 0 Å². The number of hydrogen-bond donors (Lipinski definition) is 0. The first-order valence-corrected chi connectivity index (χ1v) is 30.7. The van der Waals surface area contributed by atoms with E-state index in [9.17, 15) is 0 Å². The molecule has 5 heterocycles. The van der Waals surface area contributed by atoms with E-state index >= 15 is 0 Å². The Labute approximate surface area is 529 Å². The molecule has 0 fully saturated rings. The van der Waals surface area contributed by atoms with Crippen LogP contribution in [0.2, 0.25) is 0 Å². The maximum Gasteiger partial charge on any atom is 0.238 e. The van der Waals surface area contributed by atoms with Crippen molar-refractivity contribution in [1.82, 2.24) is 24.5 Å². The van der Waals surface area contributed by atoms with Gasteiger partial charge in [-0.25, -0.2) is 4.98 Å². The van der Waals surface area contributed by atoms with Crippen LogP contribution in [0.1, 0.15) is 0 Å². The molecule has 0 aliphatic carbocycles. The van der Waals surface area contributed by atoms with Gasteiger partial charge in [0.15, 0.2) is 11.6 Å². The molecule has 0 N–H and O–H groups in total. The second-order valence-corrected chi connectivity index (χ2v) is 23.6. The van der Waals surface area contributed by atoms with Crippen LogP contribution >= 0.6 is 22.7 Å².